The first-order valence-corrected chi connectivity index (χ1v) is 32.7. The third-order valence-corrected chi connectivity index (χ3v) is 16.7. The second kappa shape index (κ2) is 40.0. The summed E-state index contributed by atoms with van der Waals surface area (Å²) >= 11 is 8.52. The van der Waals surface area contributed by atoms with Crippen molar-refractivity contribution in [1.82, 2.24) is 57.7 Å². The van der Waals surface area contributed by atoms with Gasteiger partial charge in [0.1, 0.15) is 66.2 Å². The molecule has 34 heteroatoms. The summed E-state index contributed by atoms with van der Waals surface area (Å²) in [7, 11) is 0. The monoisotopic (exact) mass is 1430 g/mol. The highest BCUT2D eigenvalue weighted by Crippen LogP contribution is 2.22. The molecule has 5 rings (SSSR count). The van der Waals surface area contributed by atoms with Gasteiger partial charge in [-0.25, -0.2) is 4.79 Å². The maximum Gasteiger partial charge on any atom is 0.326 e. The second-order valence-corrected chi connectivity index (χ2v) is 24.6. The van der Waals surface area contributed by atoms with Crippen LogP contribution in [0.25, 0.3) is 10.9 Å². The number of benzene rings is 3. The zero-order chi connectivity index (χ0) is 71.6. The van der Waals surface area contributed by atoms with Crippen LogP contribution >= 0.6 is 37.7 Å². The lowest BCUT2D eigenvalue weighted by molar-refractivity contribution is -0.145. The third kappa shape index (κ3) is 24.8. The van der Waals surface area contributed by atoms with Crippen molar-refractivity contribution in [3.05, 3.63) is 102 Å². The number of carbonyl (C=O) groups is 13. The van der Waals surface area contributed by atoms with Gasteiger partial charge in [0, 0.05) is 60.8 Å². The van der Waals surface area contributed by atoms with Crippen LogP contribution < -0.4 is 59.3 Å². The highest BCUT2D eigenvalue weighted by molar-refractivity contribution is 7.80. The minimum absolute atomic E-state index is 0. The number of carboxylic acid groups (broad SMARTS) is 3. The number of nitrogens with two attached hydrogens (primary N) is 2. The topological polar surface area (TPSA) is 502 Å². The van der Waals surface area contributed by atoms with Crippen molar-refractivity contribution in [3.8, 4) is 5.75 Å². The number of aliphatic carboxylic acids is 3. The van der Waals surface area contributed by atoms with Gasteiger partial charge in [-0.1, -0.05) is 74.5 Å². The number of nitrogens with one attached hydrogen (secondary N) is 10. The number of aromatic amines is 1. The number of carboxylic acids is 3. The van der Waals surface area contributed by atoms with Crippen LogP contribution in [0.4, 0.5) is 0 Å². The summed E-state index contributed by atoms with van der Waals surface area (Å²) in [6.45, 7) is 4.44. The Morgan fingerprint density at radius 3 is 1.59 bits per heavy atom. The Kier molecular flexibility index (Phi) is 33.2. The predicted octanol–water partition coefficient (Wildman–Crippen LogP) is -1.55. The van der Waals surface area contributed by atoms with Crippen LogP contribution in [-0.4, -0.2) is 210 Å². The van der Waals surface area contributed by atoms with Crippen molar-refractivity contribution in [2.75, 3.05) is 24.6 Å². The molecule has 12 atom stereocenters. The smallest absolute Gasteiger partial charge is 0.326 e. The number of phenols is 1. The van der Waals surface area contributed by atoms with Crippen molar-refractivity contribution in [2.24, 2.45) is 17.4 Å². The molecule has 10 amide bonds. The third-order valence-electron chi connectivity index (χ3n) is 16.0. The van der Waals surface area contributed by atoms with E-state index in [1.54, 1.807) is 74.6 Å². The molecule has 3 aromatic carbocycles. The van der Waals surface area contributed by atoms with Gasteiger partial charge in [0.25, 0.3) is 0 Å². The van der Waals surface area contributed by atoms with E-state index in [0.29, 0.717) is 34.0 Å². The molecule has 0 spiro atoms. The summed E-state index contributed by atoms with van der Waals surface area (Å²) in [6, 6.07) is 4.35. The molecule has 1 aromatic heterocycles. The number of aromatic nitrogens is 1. The molecule has 536 valence electrons. The van der Waals surface area contributed by atoms with Crippen LogP contribution in [0.5, 0.6) is 5.75 Å². The Balaban J connectivity index is 0.0000204. The number of para-hydroxylation sites is 1. The van der Waals surface area contributed by atoms with Crippen molar-refractivity contribution >= 4 is 126 Å². The summed E-state index contributed by atoms with van der Waals surface area (Å²) < 4.78 is 0. The van der Waals surface area contributed by atoms with Gasteiger partial charge in [0.2, 0.25) is 59.1 Å². The molecule has 98 heavy (non-hydrogen) atoms. The first kappa shape index (κ1) is 81.4. The molecule has 1 fully saturated rings. The van der Waals surface area contributed by atoms with Crippen LogP contribution in [0, 0.1) is 5.92 Å². The van der Waals surface area contributed by atoms with Crippen molar-refractivity contribution in [1.29, 1.82) is 0 Å². The summed E-state index contributed by atoms with van der Waals surface area (Å²) in [5.74, 6) is -15.2. The Morgan fingerprint density at radius 2 is 1.06 bits per heavy atom. The van der Waals surface area contributed by atoms with Gasteiger partial charge in [-0.15, -0.1) is 12.4 Å². The van der Waals surface area contributed by atoms with Crippen molar-refractivity contribution in [3.63, 3.8) is 0 Å². The molecule has 0 saturated carbocycles. The number of carbonyl (C=O) groups excluding carboxylic acids is 10. The first-order chi connectivity index (χ1) is 46.0. The van der Waals surface area contributed by atoms with Crippen molar-refractivity contribution in [2.45, 2.75) is 164 Å². The van der Waals surface area contributed by atoms with E-state index >= 15 is 4.79 Å². The Morgan fingerprint density at radius 1 is 0.571 bits per heavy atom. The van der Waals surface area contributed by atoms with Crippen LogP contribution in [0.2, 0.25) is 0 Å². The number of hydrogen-bond acceptors (Lipinski definition) is 19. The van der Waals surface area contributed by atoms with Crippen LogP contribution in [0.1, 0.15) is 88.8 Å². The van der Waals surface area contributed by atoms with E-state index in [0.717, 1.165) is 4.90 Å². The van der Waals surface area contributed by atoms with E-state index in [4.69, 9.17) is 16.6 Å². The van der Waals surface area contributed by atoms with Gasteiger partial charge in [-0.2, -0.15) is 25.3 Å². The van der Waals surface area contributed by atoms with E-state index in [1.807, 2.05) is 0 Å². The number of hydrogen-bond donors (Lipinski definition) is 19. The number of amides is 10. The van der Waals surface area contributed by atoms with Gasteiger partial charge >= 0.3 is 17.9 Å². The first-order valence-electron chi connectivity index (χ1n) is 31.5. The summed E-state index contributed by atoms with van der Waals surface area (Å²) in [4.78, 5) is 181. The minimum atomic E-state index is -1.90. The lowest BCUT2D eigenvalue weighted by Crippen LogP contribution is -2.62. The Bertz CT molecular complexity index is 3420. The number of nitrogens with zero attached hydrogens (tertiary/aromatic N) is 1. The maximum atomic E-state index is 15.0. The Hall–Kier alpha value is -9.02. The highest BCUT2D eigenvalue weighted by Gasteiger charge is 2.42. The lowest BCUT2D eigenvalue weighted by Gasteiger charge is -2.31. The number of fused-ring (bicyclic) bond motifs is 1. The fraction of sp³-hybridized carbons (Fsp3) is 0.484. The van der Waals surface area contributed by atoms with E-state index in [9.17, 15) is 78.0 Å². The standard InChI is InChI=1S/C64H87N13O18S2.ClH/c1-33(2)52(64(94)95)75-61(91)48(32-97)74-57(87)44(27-36-18-20-38(79)21-19-36)69-55(85)42(16-9-10-24-65)68-58(88)45(28-37-30-67-41-15-8-7-14-39(37)41)71-56(86)43(26-35-12-5-4-6-13-35)70-60(90)47(31-96)73-59(89)46(29-51(82)83)72-62(92)49-17-11-25-77(49)63(93)53(34(3)78)76-54(84)40(66)22-23-50(80)81;/h4-8,12-15,18-21,30,33-34,40,42-49,52-53,67,78-79,96-97H,9-11,16-17,22-29,31-32,65-66H2,1-3H3,(H,68,88)(H,69,85)(H,70,90)(H,71,86)(H,72,92)(H,73,89)(H,74,87)(H,75,91)(H,76,84)(H,80,81)(H,82,83)(H,94,95);1H. The number of aliphatic hydroxyl groups excluding tert-OH is 1. The van der Waals surface area contributed by atoms with Crippen LogP contribution in [0.15, 0.2) is 85.1 Å². The molecule has 12 unspecified atom stereocenters. The molecule has 0 aliphatic carbocycles. The second-order valence-electron chi connectivity index (χ2n) is 23.8. The number of halogens is 1. The normalized spacial score (nSPS) is 16.1. The fourth-order valence-corrected chi connectivity index (χ4v) is 11.1. The largest absolute Gasteiger partial charge is 0.508 e. The molecule has 19 N–H and O–H groups in total. The molecular weight excluding hydrogens is 1340 g/mol. The van der Waals surface area contributed by atoms with Gasteiger partial charge in [0.05, 0.1) is 18.6 Å². The molecule has 1 aliphatic heterocycles. The average Bonchev–Trinajstić information content (AvgIpc) is 1.61. The van der Waals surface area contributed by atoms with Gasteiger partial charge in [0.15, 0.2) is 0 Å². The zero-order valence-corrected chi connectivity index (χ0v) is 56.7. The van der Waals surface area contributed by atoms with Crippen LogP contribution in [-0.2, 0) is 81.6 Å². The summed E-state index contributed by atoms with van der Waals surface area (Å²) in [5, 5.41) is 72.7. The fourth-order valence-electron chi connectivity index (χ4n) is 10.6. The lowest BCUT2D eigenvalue weighted by atomic mass is 10.0. The molecule has 4 aromatic rings. The zero-order valence-electron chi connectivity index (χ0n) is 54.1. The number of rotatable bonds is 39. The molecule has 1 aliphatic rings. The summed E-state index contributed by atoms with van der Waals surface area (Å²) in [6.07, 6.45) is -1.67. The van der Waals surface area contributed by atoms with Gasteiger partial charge in [-0.3, -0.25) is 57.5 Å². The maximum absolute atomic E-state index is 15.0. The Labute approximate surface area is 581 Å². The predicted molar refractivity (Wildman–Crippen MR) is 365 cm³/mol. The number of likely N-dealkylation sites (tertiary alicyclic amines) is 1. The number of aromatic hydroxyl groups is 1. The molecule has 31 nitrogen and oxygen atoms in total. The van der Waals surface area contributed by atoms with E-state index in [1.165, 1.54) is 31.2 Å². The number of thiol groups is 2. The van der Waals surface area contributed by atoms with E-state index in [2.05, 4.69) is 78.1 Å². The van der Waals surface area contributed by atoms with Gasteiger partial charge < -0.3 is 94.7 Å². The highest BCUT2D eigenvalue weighted by atomic mass is 35.5. The quantitative estimate of drug-likeness (QED) is 0.0178. The molecular formula is C64H88ClN13O18S2. The van der Waals surface area contributed by atoms with Crippen molar-refractivity contribution < 1.29 is 87.9 Å². The number of unbranched alkanes of at least 4 members (excludes halogenated alkanes) is 1. The molecule has 0 bridgehead atoms. The molecule has 0 radical (unpaired) electrons. The minimum Gasteiger partial charge on any atom is -0.508 e. The SMILES string of the molecule is CC(C)C(NC(=O)C(CS)NC(=O)C(Cc1ccc(O)cc1)NC(=O)C(CCCCN)NC(=O)C(Cc1c[nH]c2ccccc12)NC(=O)C(Cc1ccccc1)NC(=O)C(CS)NC(=O)C(CC(=O)O)NC(=O)C1CCCN1C(=O)C(NC(=O)C(N)CCC(=O)O)C(C)O)C(=O)O.Cl. The average molecular weight is 1430 g/mol. The summed E-state index contributed by atoms with van der Waals surface area (Å²) in [5.41, 5.74) is 13.8. The van der Waals surface area contributed by atoms with E-state index < -0.39 is 174 Å². The molecule has 1 saturated heterocycles. The number of H-pyrrole nitrogens is 1. The van der Waals surface area contributed by atoms with Gasteiger partial charge in [-0.05, 0) is 92.8 Å². The number of phenolic OH excluding ortho intramolecular Hbond substituents is 1. The van der Waals surface area contributed by atoms with E-state index in [-0.39, 0.29) is 88.4 Å². The van der Waals surface area contributed by atoms with Crippen LogP contribution in [0.3, 0.4) is 0 Å². The number of aliphatic hydroxyl groups is 1. The molecule has 2 heterocycles.